The molecule has 0 heterocycles. The van der Waals surface area contributed by atoms with Crippen LogP contribution in [0.2, 0.25) is 0 Å². The molecule has 0 aromatic rings. The Morgan fingerprint density at radius 1 is 0.970 bits per heavy atom. The van der Waals surface area contributed by atoms with Gasteiger partial charge in [0.25, 0.3) is 0 Å². The summed E-state index contributed by atoms with van der Waals surface area (Å²) in [4.78, 5) is 63.3. The number of carboxylic acids is 2. The van der Waals surface area contributed by atoms with E-state index in [0.717, 1.165) is 0 Å². The summed E-state index contributed by atoms with van der Waals surface area (Å²) in [6.45, 7) is 1.28. The molecule has 0 fully saturated rings. The number of nitrogens with zero attached hydrogens (tertiary/aromatic N) is 1. The highest BCUT2D eigenvalue weighted by atomic mass is 32.1. The number of aliphatic hydroxyl groups is 1. The molecule has 0 aromatic carbocycles. The number of guanidine groups is 1. The van der Waals surface area contributed by atoms with Gasteiger partial charge in [-0.1, -0.05) is 0 Å². The van der Waals surface area contributed by atoms with Gasteiger partial charge in [-0.3, -0.25) is 24.2 Å². The minimum absolute atomic E-state index is 0.0518. The number of nitrogens with two attached hydrogens (primary N) is 3. The second-order valence-corrected chi connectivity index (χ2v) is 7.39. The highest BCUT2D eigenvalue weighted by Crippen LogP contribution is 2.03. The molecule has 12 N–H and O–H groups in total. The first-order chi connectivity index (χ1) is 15.3. The predicted molar refractivity (Wildman–Crippen MR) is 119 cm³/mol. The van der Waals surface area contributed by atoms with Gasteiger partial charge in [0.2, 0.25) is 17.7 Å². The van der Waals surface area contributed by atoms with Crippen LogP contribution < -0.4 is 33.2 Å². The van der Waals surface area contributed by atoms with Crippen molar-refractivity contribution in [2.75, 3.05) is 12.3 Å². The minimum atomic E-state index is -1.70. The number of carbonyl (C=O) groups is 5. The van der Waals surface area contributed by atoms with Crippen LogP contribution in [0.4, 0.5) is 0 Å². The van der Waals surface area contributed by atoms with Crippen molar-refractivity contribution in [3.8, 4) is 0 Å². The molecule has 0 aromatic heterocycles. The summed E-state index contributed by atoms with van der Waals surface area (Å²) in [5.41, 5.74) is 15.9. The quantitative estimate of drug-likeness (QED) is 0.0451. The number of aliphatic hydroxyl groups excluding tert-OH is 1. The van der Waals surface area contributed by atoms with Crippen LogP contribution >= 0.6 is 12.6 Å². The summed E-state index contributed by atoms with van der Waals surface area (Å²) in [7, 11) is 0. The molecule has 188 valence electrons. The molecule has 0 bridgehead atoms. The smallest absolute Gasteiger partial charge is 0.326 e. The van der Waals surface area contributed by atoms with Crippen LogP contribution in [0, 0.1) is 0 Å². The number of hydrogen-bond acceptors (Lipinski definition) is 9. The SMILES string of the molecule is CC(O)C(NC(=O)C(N)CS)C(=O)NC(CC(=O)O)C(=O)NC(CCCN=C(N)N)C(=O)O. The van der Waals surface area contributed by atoms with Crippen molar-refractivity contribution in [2.24, 2.45) is 22.2 Å². The van der Waals surface area contributed by atoms with Gasteiger partial charge in [-0.05, 0) is 19.8 Å². The second-order valence-electron chi connectivity index (χ2n) is 7.02. The number of carboxylic acid groups (broad SMARTS) is 2. The van der Waals surface area contributed by atoms with E-state index in [1.54, 1.807) is 0 Å². The first-order valence-electron chi connectivity index (χ1n) is 9.75. The zero-order valence-corrected chi connectivity index (χ0v) is 18.8. The standard InChI is InChI=1S/C17H31N7O8S/c1-7(25)12(24-13(28)8(18)6-33)15(30)23-10(5-11(26)27)14(29)22-9(16(31)32)3-2-4-21-17(19)20/h7-10,12,25,33H,2-6,18H2,1H3,(H,22,29)(H,23,30)(H,24,28)(H,26,27)(H,31,32)(H4,19,20,21). The summed E-state index contributed by atoms with van der Waals surface area (Å²) in [5.74, 6) is -6.09. The third kappa shape index (κ3) is 11.9. The Morgan fingerprint density at radius 2 is 1.55 bits per heavy atom. The van der Waals surface area contributed by atoms with Gasteiger partial charge >= 0.3 is 11.9 Å². The van der Waals surface area contributed by atoms with Crippen molar-refractivity contribution in [2.45, 2.75) is 56.5 Å². The van der Waals surface area contributed by atoms with E-state index in [-0.39, 0.29) is 31.1 Å². The van der Waals surface area contributed by atoms with Gasteiger partial charge in [-0.2, -0.15) is 12.6 Å². The highest BCUT2D eigenvalue weighted by Gasteiger charge is 2.33. The van der Waals surface area contributed by atoms with E-state index in [1.165, 1.54) is 6.92 Å². The summed E-state index contributed by atoms with van der Waals surface area (Å²) in [6, 6.07) is -5.77. The van der Waals surface area contributed by atoms with Gasteiger partial charge in [-0.15, -0.1) is 0 Å². The number of carbonyl (C=O) groups excluding carboxylic acids is 3. The third-order valence-electron chi connectivity index (χ3n) is 4.17. The lowest BCUT2D eigenvalue weighted by Gasteiger charge is -2.25. The zero-order chi connectivity index (χ0) is 25.7. The summed E-state index contributed by atoms with van der Waals surface area (Å²) in [6.07, 6.45) is -2.22. The Balaban J connectivity index is 5.37. The molecule has 0 radical (unpaired) electrons. The zero-order valence-electron chi connectivity index (χ0n) is 17.9. The van der Waals surface area contributed by atoms with Crippen LogP contribution in [0.25, 0.3) is 0 Å². The number of hydrogen-bond donors (Lipinski definition) is 10. The highest BCUT2D eigenvalue weighted by molar-refractivity contribution is 7.80. The number of nitrogens with one attached hydrogen (secondary N) is 3. The average molecular weight is 494 g/mol. The molecule has 5 atom stereocenters. The van der Waals surface area contributed by atoms with Gasteiger partial charge in [0.1, 0.15) is 18.1 Å². The normalized spacial score (nSPS) is 15.2. The van der Waals surface area contributed by atoms with E-state index in [2.05, 4.69) is 33.6 Å². The van der Waals surface area contributed by atoms with Crippen LogP contribution in [-0.2, 0) is 24.0 Å². The van der Waals surface area contributed by atoms with Gasteiger partial charge in [0, 0.05) is 12.3 Å². The summed E-state index contributed by atoms with van der Waals surface area (Å²) in [5, 5.41) is 34.7. The van der Waals surface area contributed by atoms with Crippen LogP contribution in [-0.4, -0.2) is 93.5 Å². The largest absolute Gasteiger partial charge is 0.481 e. The maximum Gasteiger partial charge on any atom is 0.326 e. The summed E-state index contributed by atoms with van der Waals surface area (Å²) < 4.78 is 0. The van der Waals surface area contributed by atoms with E-state index in [0.29, 0.717) is 0 Å². The van der Waals surface area contributed by atoms with Crippen molar-refractivity contribution >= 4 is 48.2 Å². The van der Waals surface area contributed by atoms with Gasteiger partial charge in [0.15, 0.2) is 5.96 Å². The molecule has 5 unspecified atom stereocenters. The number of thiol groups is 1. The molecular formula is C17H31N7O8S. The fourth-order valence-electron chi connectivity index (χ4n) is 2.43. The monoisotopic (exact) mass is 493 g/mol. The topological polar surface area (TPSA) is 273 Å². The van der Waals surface area contributed by atoms with Crippen LogP contribution in [0.3, 0.4) is 0 Å². The molecule has 15 nitrogen and oxygen atoms in total. The number of amides is 3. The van der Waals surface area contributed by atoms with E-state index in [1.807, 2.05) is 0 Å². The Hall–Kier alpha value is -3.11. The Labute approximate surface area is 194 Å². The predicted octanol–water partition coefficient (Wildman–Crippen LogP) is -4.31. The van der Waals surface area contributed by atoms with Gasteiger partial charge in [0.05, 0.1) is 18.6 Å². The molecule has 33 heavy (non-hydrogen) atoms. The van der Waals surface area contributed by atoms with Gasteiger partial charge < -0.3 is 48.5 Å². The fraction of sp³-hybridized carbons (Fsp3) is 0.647. The molecular weight excluding hydrogens is 462 g/mol. The van der Waals surface area contributed by atoms with E-state index in [9.17, 15) is 34.2 Å². The first-order valence-corrected chi connectivity index (χ1v) is 10.4. The molecule has 16 heteroatoms. The van der Waals surface area contributed by atoms with E-state index in [4.69, 9.17) is 22.3 Å². The summed E-state index contributed by atoms with van der Waals surface area (Å²) >= 11 is 3.85. The minimum Gasteiger partial charge on any atom is -0.481 e. The van der Waals surface area contributed by atoms with Crippen LogP contribution in [0.15, 0.2) is 4.99 Å². The Bertz CT molecular complexity index is 745. The lowest BCUT2D eigenvalue weighted by molar-refractivity contribution is -0.144. The fourth-order valence-corrected chi connectivity index (χ4v) is 2.59. The number of aliphatic carboxylic acids is 2. The molecule has 0 aliphatic rings. The van der Waals surface area contributed by atoms with Crippen molar-refractivity contribution in [3.63, 3.8) is 0 Å². The second kappa shape index (κ2) is 14.9. The molecule has 0 aliphatic carbocycles. The van der Waals surface area contributed by atoms with Crippen LogP contribution in [0.1, 0.15) is 26.2 Å². The van der Waals surface area contributed by atoms with E-state index >= 15 is 0 Å². The van der Waals surface area contributed by atoms with Crippen molar-refractivity contribution in [1.82, 2.24) is 16.0 Å². The van der Waals surface area contributed by atoms with Crippen LogP contribution in [0.5, 0.6) is 0 Å². The Kier molecular flexibility index (Phi) is 13.5. The first kappa shape index (κ1) is 29.9. The third-order valence-corrected chi connectivity index (χ3v) is 4.56. The molecule has 0 saturated carbocycles. The maximum atomic E-state index is 12.5. The molecule has 0 aliphatic heterocycles. The lowest BCUT2D eigenvalue weighted by Crippen LogP contribution is -2.60. The van der Waals surface area contributed by atoms with Crippen molar-refractivity contribution < 1.29 is 39.3 Å². The molecule has 0 spiro atoms. The van der Waals surface area contributed by atoms with Gasteiger partial charge in [-0.25, -0.2) is 4.79 Å². The molecule has 3 amide bonds. The van der Waals surface area contributed by atoms with Crippen molar-refractivity contribution in [3.05, 3.63) is 0 Å². The number of aliphatic imine (C=N–C) groups is 1. The lowest BCUT2D eigenvalue weighted by atomic mass is 10.1. The Morgan fingerprint density at radius 3 is 2.00 bits per heavy atom. The van der Waals surface area contributed by atoms with Crippen molar-refractivity contribution in [1.29, 1.82) is 0 Å². The number of rotatable bonds is 15. The maximum absolute atomic E-state index is 12.5. The van der Waals surface area contributed by atoms with E-state index < -0.39 is 66.4 Å². The molecule has 0 saturated heterocycles. The average Bonchev–Trinajstić information content (AvgIpc) is 2.71. The molecule has 0 rings (SSSR count).